The lowest BCUT2D eigenvalue weighted by molar-refractivity contribution is -0.131. The largest absolute Gasteiger partial charge is 0.342 e. The van der Waals surface area contributed by atoms with Gasteiger partial charge >= 0.3 is 0 Å². The molecule has 24 heavy (non-hydrogen) atoms. The number of nitrogens with one attached hydrogen (secondary N) is 1. The van der Waals surface area contributed by atoms with E-state index in [0.717, 1.165) is 41.1 Å². The summed E-state index contributed by atoms with van der Waals surface area (Å²) in [6.45, 7) is 3.99. The van der Waals surface area contributed by atoms with Crippen molar-refractivity contribution in [3.05, 3.63) is 23.8 Å². The fourth-order valence-corrected chi connectivity index (χ4v) is 5.00. The molecule has 4 rings (SSSR count). The van der Waals surface area contributed by atoms with E-state index in [4.69, 9.17) is 0 Å². The maximum absolute atomic E-state index is 12.6. The number of amides is 1. The van der Waals surface area contributed by atoms with E-state index in [1.165, 1.54) is 49.4 Å². The third-order valence-corrected chi connectivity index (χ3v) is 6.45. The molecule has 1 aliphatic heterocycles. The number of nitrogens with zero attached hydrogens (tertiary/aromatic N) is 2. The van der Waals surface area contributed by atoms with Crippen LogP contribution in [0.1, 0.15) is 37.7 Å². The number of carbonyl (C=O) groups excluding carboxylic acids is 1. The normalized spacial score (nSPS) is 24.1. The Kier molecular flexibility index (Phi) is 4.53. The number of hydrogen-bond donors (Lipinski definition) is 1. The topological polar surface area (TPSA) is 49.0 Å². The standard InChI is InChI=1S/C19H25N3OS/c1-13-6-7-16-17(10-13)21-19(20-16)24-12-18(23)22-9-8-14-4-2-3-5-15(14)11-22/h6-7,10,14-15H,2-5,8-9,11-12H2,1H3,(H,20,21)/t14-,15-/m0/s1. The number of rotatable bonds is 3. The van der Waals surface area contributed by atoms with E-state index < -0.39 is 0 Å². The van der Waals surface area contributed by atoms with E-state index in [1.807, 2.05) is 6.07 Å². The van der Waals surface area contributed by atoms with Crippen LogP contribution in [-0.2, 0) is 4.79 Å². The highest BCUT2D eigenvalue weighted by Crippen LogP contribution is 2.36. The highest BCUT2D eigenvalue weighted by atomic mass is 32.2. The lowest BCUT2D eigenvalue weighted by Gasteiger charge is -2.41. The molecule has 0 spiro atoms. The van der Waals surface area contributed by atoms with Crippen molar-refractivity contribution in [1.82, 2.24) is 14.9 Å². The molecule has 2 aromatic rings. The molecular formula is C19H25N3OS. The molecule has 2 fully saturated rings. The molecule has 1 aromatic heterocycles. The van der Waals surface area contributed by atoms with Crippen LogP contribution in [0.2, 0.25) is 0 Å². The van der Waals surface area contributed by atoms with E-state index >= 15 is 0 Å². The van der Waals surface area contributed by atoms with E-state index in [-0.39, 0.29) is 5.91 Å². The first-order valence-electron chi connectivity index (χ1n) is 9.06. The van der Waals surface area contributed by atoms with Gasteiger partial charge in [-0.1, -0.05) is 37.1 Å². The summed E-state index contributed by atoms with van der Waals surface area (Å²) < 4.78 is 0. The number of carbonyl (C=O) groups is 1. The average Bonchev–Trinajstić information content (AvgIpc) is 3.01. The van der Waals surface area contributed by atoms with Crippen molar-refractivity contribution in [1.29, 1.82) is 0 Å². The molecule has 1 saturated carbocycles. The molecule has 0 unspecified atom stereocenters. The van der Waals surface area contributed by atoms with Crippen molar-refractivity contribution in [3.63, 3.8) is 0 Å². The van der Waals surface area contributed by atoms with Gasteiger partial charge < -0.3 is 9.88 Å². The van der Waals surface area contributed by atoms with E-state index in [0.29, 0.717) is 5.75 Å². The smallest absolute Gasteiger partial charge is 0.233 e. The maximum atomic E-state index is 12.6. The zero-order valence-electron chi connectivity index (χ0n) is 14.3. The van der Waals surface area contributed by atoms with Crippen LogP contribution in [-0.4, -0.2) is 39.6 Å². The summed E-state index contributed by atoms with van der Waals surface area (Å²) in [5.41, 5.74) is 3.24. The van der Waals surface area contributed by atoms with E-state index in [2.05, 4.69) is 33.9 Å². The predicted molar refractivity (Wildman–Crippen MR) is 98.2 cm³/mol. The maximum Gasteiger partial charge on any atom is 0.233 e. The minimum Gasteiger partial charge on any atom is -0.342 e. The first-order valence-corrected chi connectivity index (χ1v) is 10.0. The first kappa shape index (κ1) is 16.0. The number of aryl methyl sites for hydroxylation is 1. The molecule has 128 valence electrons. The first-order chi connectivity index (χ1) is 11.7. The summed E-state index contributed by atoms with van der Waals surface area (Å²) in [6.07, 6.45) is 6.61. The van der Waals surface area contributed by atoms with Crippen LogP contribution in [0.4, 0.5) is 0 Å². The third-order valence-electron chi connectivity index (χ3n) is 5.59. The molecule has 4 nitrogen and oxygen atoms in total. The number of aromatic amines is 1. The summed E-state index contributed by atoms with van der Waals surface area (Å²) in [5.74, 6) is 2.36. The Morgan fingerprint density at radius 1 is 1.29 bits per heavy atom. The fourth-order valence-electron chi connectivity index (χ4n) is 4.22. The number of H-pyrrole nitrogens is 1. The minimum atomic E-state index is 0.265. The molecule has 0 radical (unpaired) electrons. The second-order valence-corrected chi connectivity index (χ2v) is 8.25. The van der Waals surface area contributed by atoms with Gasteiger partial charge in [0.2, 0.25) is 5.91 Å². The Bertz CT molecular complexity index is 741. The summed E-state index contributed by atoms with van der Waals surface area (Å²) >= 11 is 1.53. The Hall–Kier alpha value is -1.49. The highest BCUT2D eigenvalue weighted by molar-refractivity contribution is 7.99. The zero-order chi connectivity index (χ0) is 16.5. The zero-order valence-corrected chi connectivity index (χ0v) is 15.1. The number of benzene rings is 1. The molecule has 1 saturated heterocycles. The van der Waals surface area contributed by atoms with Gasteiger partial charge in [-0.15, -0.1) is 0 Å². The number of thioether (sulfide) groups is 1. The second-order valence-electron chi connectivity index (χ2n) is 7.28. The Balaban J connectivity index is 1.35. The van der Waals surface area contributed by atoms with Crippen LogP contribution >= 0.6 is 11.8 Å². The van der Waals surface area contributed by atoms with Crippen LogP contribution in [0, 0.1) is 18.8 Å². The van der Waals surface area contributed by atoms with Gasteiger partial charge in [-0.25, -0.2) is 4.98 Å². The number of imidazole rings is 1. The van der Waals surface area contributed by atoms with Gasteiger partial charge in [-0.05, 0) is 49.3 Å². The van der Waals surface area contributed by atoms with Crippen LogP contribution in [0.25, 0.3) is 11.0 Å². The summed E-state index contributed by atoms with van der Waals surface area (Å²) in [5, 5.41) is 0.844. The van der Waals surface area contributed by atoms with Gasteiger partial charge in [-0.2, -0.15) is 0 Å². The highest BCUT2D eigenvalue weighted by Gasteiger charge is 2.32. The molecule has 0 bridgehead atoms. The van der Waals surface area contributed by atoms with E-state index in [1.54, 1.807) is 0 Å². The number of likely N-dealkylation sites (tertiary alicyclic amines) is 1. The van der Waals surface area contributed by atoms with Crippen molar-refractivity contribution in [3.8, 4) is 0 Å². The number of fused-ring (bicyclic) bond motifs is 2. The molecule has 1 N–H and O–H groups in total. The summed E-state index contributed by atoms with van der Waals surface area (Å²) in [4.78, 5) is 22.6. The number of hydrogen-bond acceptors (Lipinski definition) is 3. The lowest BCUT2D eigenvalue weighted by Crippen LogP contribution is -2.45. The second kappa shape index (κ2) is 6.79. The molecule has 2 heterocycles. The Morgan fingerprint density at radius 3 is 3.00 bits per heavy atom. The van der Waals surface area contributed by atoms with Crippen molar-refractivity contribution < 1.29 is 4.79 Å². The third kappa shape index (κ3) is 3.32. The number of aromatic nitrogens is 2. The number of piperidine rings is 1. The Morgan fingerprint density at radius 2 is 2.12 bits per heavy atom. The van der Waals surface area contributed by atoms with Gasteiger partial charge in [0.25, 0.3) is 0 Å². The van der Waals surface area contributed by atoms with Gasteiger partial charge in [0.1, 0.15) is 0 Å². The van der Waals surface area contributed by atoms with Crippen LogP contribution in [0.15, 0.2) is 23.4 Å². The Labute approximate surface area is 147 Å². The van der Waals surface area contributed by atoms with Crippen LogP contribution in [0.5, 0.6) is 0 Å². The minimum absolute atomic E-state index is 0.265. The van der Waals surface area contributed by atoms with Crippen LogP contribution < -0.4 is 0 Å². The van der Waals surface area contributed by atoms with Crippen molar-refractivity contribution >= 4 is 28.7 Å². The monoisotopic (exact) mass is 343 g/mol. The van der Waals surface area contributed by atoms with Gasteiger partial charge in [-0.3, -0.25) is 4.79 Å². The van der Waals surface area contributed by atoms with Crippen LogP contribution in [0.3, 0.4) is 0 Å². The summed E-state index contributed by atoms with van der Waals surface area (Å²) in [6, 6.07) is 6.19. The van der Waals surface area contributed by atoms with Crippen molar-refractivity contribution in [2.45, 2.75) is 44.2 Å². The SMILES string of the molecule is Cc1ccc2nc(SCC(=O)N3CC[C@@H]4CCCC[C@H]4C3)[nH]c2c1. The van der Waals surface area contributed by atoms with Crippen molar-refractivity contribution in [2.75, 3.05) is 18.8 Å². The summed E-state index contributed by atoms with van der Waals surface area (Å²) in [7, 11) is 0. The molecule has 5 heteroatoms. The molecule has 2 atom stereocenters. The predicted octanol–water partition coefficient (Wildman–Crippen LogP) is 4.00. The lowest BCUT2D eigenvalue weighted by atomic mass is 9.75. The van der Waals surface area contributed by atoms with Gasteiger partial charge in [0.05, 0.1) is 16.8 Å². The average molecular weight is 343 g/mol. The van der Waals surface area contributed by atoms with Gasteiger partial charge in [0.15, 0.2) is 5.16 Å². The molecule has 1 aliphatic carbocycles. The molecular weight excluding hydrogens is 318 g/mol. The van der Waals surface area contributed by atoms with Gasteiger partial charge in [0, 0.05) is 13.1 Å². The fraction of sp³-hybridized carbons (Fsp3) is 0.579. The quantitative estimate of drug-likeness (QED) is 0.857. The molecule has 2 aliphatic rings. The van der Waals surface area contributed by atoms with E-state index in [9.17, 15) is 4.79 Å². The molecule has 1 amide bonds. The van der Waals surface area contributed by atoms with Crippen molar-refractivity contribution in [2.24, 2.45) is 11.8 Å². The molecule has 1 aromatic carbocycles.